The Hall–Kier alpha value is -1.84. The summed E-state index contributed by atoms with van der Waals surface area (Å²) in [6.45, 7) is -0.586. The summed E-state index contributed by atoms with van der Waals surface area (Å²) in [7, 11) is 0. The summed E-state index contributed by atoms with van der Waals surface area (Å²) in [4.78, 5) is 21.7. The molecule has 0 spiro atoms. The van der Waals surface area contributed by atoms with E-state index in [9.17, 15) is 9.59 Å². The Bertz CT molecular complexity index is 517. The largest absolute Gasteiger partial charge is 0.480 e. The summed E-state index contributed by atoms with van der Waals surface area (Å²) in [5.74, 6) is -1.95. The highest BCUT2D eigenvalue weighted by Gasteiger charge is 2.03. The Kier molecular flexibility index (Phi) is 1.84. The molecule has 2 N–H and O–H groups in total. The third kappa shape index (κ3) is 3.71. The summed E-state index contributed by atoms with van der Waals surface area (Å²) in [6.07, 6.45) is -0.469. The number of rotatable bonds is 4. The van der Waals surface area contributed by atoms with Crippen LogP contribution in [0.1, 0.15) is 12.4 Å². The normalized spacial score (nSPS) is 14.4. The number of hydrogen-bond donors (Lipinski definition) is 2. The van der Waals surface area contributed by atoms with Crippen LogP contribution in [0.3, 0.4) is 0 Å². The number of carboxylic acids is 1. The first-order chi connectivity index (χ1) is 8.75. The minimum absolute atomic E-state index is 0.158. The number of carbonyl (C=O) groups excluding carboxylic acids is 1. The van der Waals surface area contributed by atoms with Crippen LogP contribution in [0.2, 0.25) is 0 Å². The Labute approximate surface area is 88.6 Å². The van der Waals surface area contributed by atoms with Crippen LogP contribution in [0.25, 0.3) is 0 Å². The zero-order valence-corrected chi connectivity index (χ0v) is 7.18. The van der Waals surface area contributed by atoms with Crippen LogP contribution in [0.15, 0.2) is 30.2 Å². The summed E-state index contributed by atoms with van der Waals surface area (Å²) >= 11 is 0. The van der Waals surface area contributed by atoms with Gasteiger partial charge in [-0.25, -0.2) is 0 Å². The van der Waals surface area contributed by atoms with E-state index in [1.165, 1.54) is 0 Å². The van der Waals surface area contributed by atoms with Crippen molar-refractivity contribution in [1.82, 2.24) is 5.32 Å². The summed E-state index contributed by atoms with van der Waals surface area (Å²) in [5, 5.41) is 10.5. The molecule has 0 aliphatic carbocycles. The summed E-state index contributed by atoms with van der Waals surface area (Å²) in [5.41, 5.74) is -0.158. The SMILES string of the molecule is [2H]c1c([2H])c([2H])c(CC(=O)NCC(=O)O)c([2H])c1[2H]. The fourth-order valence-electron chi connectivity index (χ4n) is 0.762. The molecule has 0 radical (unpaired) electrons. The Balaban J connectivity index is 3.02. The standard InChI is InChI=1S/C10H11NO3/c12-9(11-7-10(13)14)6-8-4-2-1-3-5-8/h1-5H,6-7H2,(H,11,12)(H,13,14)/i1D,2D,3D,4D,5D. The van der Waals surface area contributed by atoms with Crippen molar-refractivity contribution < 1.29 is 21.5 Å². The van der Waals surface area contributed by atoms with Crippen molar-refractivity contribution in [2.75, 3.05) is 6.54 Å². The predicted molar refractivity (Wildman–Crippen MR) is 50.8 cm³/mol. The summed E-state index contributed by atoms with van der Waals surface area (Å²) in [6, 6.07) is -2.51. The van der Waals surface area contributed by atoms with E-state index in [0.717, 1.165) is 0 Å². The van der Waals surface area contributed by atoms with Gasteiger partial charge in [0.1, 0.15) is 6.54 Å². The molecule has 74 valence electrons. The predicted octanol–water partition coefficient (Wildman–Crippen LogP) is 0.430. The first kappa shape index (κ1) is 5.14. The van der Waals surface area contributed by atoms with Gasteiger partial charge in [-0.1, -0.05) is 30.2 Å². The molecule has 4 nitrogen and oxygen atoms in total. The molecule has 0 fully saturated rings. The van der Waals surface area contributed by atoms with E-state index in [2.05, 4.69) is 5.32 Å². The highest BCUT2D eigenvalue weighted by molar-refractivity contribution is 5.82. The van der Waals surface area contributed by atoms with Gasteiger partial charge in [-0.3, -0.25) is 9.59 Å². The van der Waals surface area contributed by atoms with Gasteiger partial charge in [-0.15, -0.1) is 0 Å². The first-order valence-electron chi connectivity index (χ1n) is 6.30. The molecule has 14 heavy (non-hydrogen) atoms. The van der Waals surface area contributed by atoms with Crippen LogP contribution in [0, 0.1) is 0 Å². The minimum atomic E-state index is -1.23. The monoisotopic (exact) mass is 198 g/mol. The third-order valence-corrected chi connectivity index (χ3v) is 1.33. The smallest absolute Gasteiger partial charge is 0.322 e. The topological polar surface area (TPSA) is 66.4 Å². The highest BCUT2D eigenvalue weighted by atomic mass is 16.4. The second-order valence-electron chi connectivity index (χ2n) is 2.45. The molecule has 1 aromatic carbocycles. The first-order valence-corrected chi connectivity index (χ1v) is 3.80. The molecular weight excluding hydrogens is 182 g/mol. The Morgan fingerprint density at radius 1 is 1.36 bits per heavy atom. The maximum atomic E-state index is 11.4. The van der Waals surface area contributed by atoms with Crippen LogP contribution in [-0.4, -0.2) is 23.5 Å². The molecule has 1 rings (SSSR count). The third-order valence-electron chi connectivity index (χ3n) is 1.33. The maximum Gasteiger partial charge on any atom is 0.322 e. The maximum absolute atomic E-state index is 11.4. The molecular formula is C10H11NO3. The number of hydrogen-bond acceptors (Lipinski definition) is 2. The van der Waals surface area contributed by atoms with E-state index in [-0.39, 0.29) is 5.56 Å². The Morgan fingerprint density at radius 2 is 2.00 bits per heavy atom. The van der Waals surface area contributed by atoms with E-state index in [0.29, 0.717) is 0 Å². The molecule has 0 atom stereocenters. The van der Waals surface area contributed by atoms with Gasteiger partial charge in [0, 0.05) is 0 Å². The van der Waals surface area contributed by atoms with Gasteiger partial charge in [0.25, 0.3) is 0 Å². The van der Waals surface area contributed by atoms with Crippen molar-refractivity contribution in [2.45, 2.75) is 6.42 Å². The Morgan fingerprint density at radius 3 is 2.57 bits per heavy atom. The van der Waals surface area contributed by atoms with Gasteiger partial charge >= 0.3 is 5.97 Å². The van der Waals surface area contributed by atoms with E-state index >= 15 is 0 Å². The van der Waals surface area contributed by atoms with Crippen LogP contribution in [0.5, 0.6) is 0 Å². The van der Waals surface area contributed by atoms with Crippen LogP contribution in [-0.2, 0) is 16.0 Å². The van der Waals surface area contributed by atoms with Crippen molar-refractivity contribution >= 4 is 11.9 Å². The second kappa shape index (κ2) is 5.01. The zero-order chi connectivity index (χ0) is 14.7. The molecule has 0 aliphatic rings. The molecule has 0 heterocycles. The molecule has 0 saturated heterocycles. The number of carbonyl (C=O) groups is 2. The molecule has 4 heteroatoms. The van der Waals surface area contributed by atoms with Crippen molar-refractivity contribution in [3.8, 4) is 0 Å². The lowest BCUT2D eigenvalue weighted by Gasteiger charge is -2.01. The van der Waals surface area contributed by atoms with Crippen LogP contribution < -0.4 is 5.32 Å². The molecule has 0 aliphatic heterocycles. The average molecular weight is 198 g/mol. The number of amides is 1. The minimum Gasteiger partial charge on any atom is -0.480 e. The fraction of sp³-hybridized carbons (Fsp3) is 0.200. The molecule has 0 aromatic heterocycles. The number of nitrogens with one attached hydrogen (secondary N) is 1. The van der Waals surface area contributed by atoms with Crippen molar-refractivity contribution in [3.05, 3.63) is 35.8 Å². The van der Waals surface area contributed by atoms with Gasteiger partial charge in [0.2, 0.25) is 5.91 Å². The van der Waals surface area contributed by atoms with E-state index in [4.69, 9.17) is 12.0 Å². The van der Waals surface area contributed by atoms with Crippen LogP contribution in [0.4, 0.5) is 0 Å². The average Bonchev–Trinajstić information content (AvgIpc) is 2.36. The van der Waals surface area contributed by atoms with Crippen molar-refractivity contribution in [3.63, 3.8) is 0 Å². The molecule has 0 unspecified atom stereocenters. The second-order valence-corrected chi connectivity index (χ2v) is 2.45. The van der Waals surface area contributed by atoms with Crippen molar-refractivity contribution in [2.24, 2.45) is 0 Å². The fourth-order valence-corrected chi connectivity index (χ4v) is 0.762. The number of benzene rings is 1. The van der Waals surface area contributed by atoms with E-state index in [1.807, 2.05) is 0 Å². The zero-order valence-electron chi connectivity index (χ0n) is 12.2. The number of carboxylic acid groups (broad SMARTS) is 1. The summed E-state index contributed by atoms with van der Waals surface area (Å²) < 4.78 is 37.4. The lowest BCUT2D eigenvalue weighted by molar-refractivity contribution is -0.137. The van der Waals surface area contributed by atoms with Gasteiger partial charge in [-0.2, -0.15) is 0 Å². The van der Waals surface area contributed by atoms with Gasteiger partial charge in [0.05, 0.1) is 13.3 Å². The number of aliphatic carboxylic acids is 1. The molecule has 0 saturated carbocycles. The van der Waals surface area contributed by atoms with Crippen LogP contribution >= 0.6 is 0 Å². The van der Waals surface area contributed by atoms with Crippen molar-refractivity contribution in [1.29, 1.82) is 0 Å². The van der Waals surface area contributed by atoms with E-state index in [1.54, 1.807) is 0 Å². The van der Waals surface area contributed by atoms with E-state index < -0.39 is 55.1 Å². The lowest BCUT2D eigenvalue weighted by Crippen LogP contribution is -2.30. The molecule has 1 aromatic rings. The van der Waals surface area contributed by atoms with Gasteiger partial charge in [0.15, 0.2) is 0 Å². The van der Waals surface area contributed by atoms with Gasteiger partial charge in [-0.05, 0) is 5.56 Å². The molecule has 1 amide bonds. The highest BCUT2D eigenvalue weighted by Crippen LogP contribution is 1.98. The quantitative estimate of drug-likeness (QED) is 0.737. The lowest BCUT2D eigenvalue weighted by atomic mass is 10.1. The van der Waals surface area contributed by atoms with Gasteiger partial charge < -0.3 is 10.4 Å². The molecule has 0 bridgehead atoms.